The summed E-state index contributed by atoms with van der Waals surface area (Å²) in [5.74, 6) is -0.464. The summed E-state index contributed by atoms with van der Waals surface area (Å²) in [6, 6.07) is 23.9. The highest BCUT2D eigenvalue weighted by Gasteiger charge is 2.32. The van der Waals surface area contributed by atoms with E-state index in [2.05, 4.69) is 94.6 Å². The molecule has 0 atom stereocenters. The molecule has 0 aliphatic rings. The second-order valence-electron chi connectivity index (χ2n) is 16.8. The van der Waals surface area contributed by atoms with Crippen LogP contribution in [-0.2, 0) is 13.6 Å². The van der Waals surface area contributed by atoms with Crippen LogP contribution in [0.25, 0.3) is 34.8 Å². The molecule has 4 aromatic heterocycles. The van der Waals surface area contributed by atoms with Gasteiger partial charge in [0.05, 0.1) is 6.61 Å². The Morgan fingerprint density at radius 1 is 0.632 bits per heavy atom. The number of esters is 1. The molecular formula is C46H69NO3S4Si3. The number of aryl methyl sites for hydroxylation is 1. The van der Waals surface area contributed by atoms with Crippen molar-refractivity contribution in [2.75, 3.05) is 6.61 Å². The van der Waals surface area contributed by atoms with Crippen LogP contribution in [0.15, 0.2) is 54.1 Å². The number of carbonyl (C=O) groups excluding carboxylic acids is 1. The fourth-order valence-electron chi connectivity index (χ4n) is 7.50. The van der Waals surface area contributed by atoms with Gasteiger partial charge in [-0.1, -0.05) is 96.4 Å². The topological polar surface area (TPSA) is 59.3 Å². The van der Waals surface area contributed by atoms with Gasteiger partial charge in [0.2, 0.25) is 0 Å². The number of allylic oxidation sites excluding steroid dienone is 1. The van der Waals surface area contributed by atoms with E-state index in [0.717, 1.165) is 42.6 Å². The van der Waals surface area contributed by atoms with Gasteiger partial charge in [-0.25, -0.2) is 4.79 Å². The molecule has 0 saturated heterocycles. The largest absolute Gasteiger partial charge is 0.462 e. The Morgan fingerprint density at radius 3 is 1.65 bits per heavy atom. The predicted molar refractivity (Wildman–Crippen MR) is 262 cm³/mol. The van der Waals surface area contributed by atoms with Crippen molar-refractivity contribution in [2.45, 2.75) is 161 Å². The van der Waals surface area contributed by atoms with Gasteiger partial charge >= 0.3 is 5.97 Å². The first-order chi connectivity index (χ1) is 27.4. The zero-order valence-electron chi connectivity index (χ0n) is 36.1. The van der Waals surface area contributed by atoms with Crippen molar-refractivity contribution in [1.82, 2.24) is 0 Å². The molecule has 4 rings (SSSR count). The van der Waals surface area contributed by atoms with E-state index in [1.54, 1.807) is 11.3 Å². The Hall–Kier alpha value is -1.89. The third kappa shape index (κ3) is 16.6. The molecule has 0 unspecified atom stereocenters. The summed E-state index contributed by atoms with van der Waals surface area (Å²) < 4.78 is 12.6. The normalized spacial score (nSPS) is 12.6. The molecule has 0 saturated carbocycles. The number of hydrogen-bond donors (Lipinski definition) is 0. The van der Waals surface area contributed by atoms with Gasteiger partial charge in [-0.3, -0.25) is 0 Å². The highest BCUT2D eigenvalue weighted by molar-refractivity contribution is 7.28. The van der Waals surface area contributed by atoms with Crippen molar-refractivity contribution >= 4 is 83.8 Å². The van der Waals surface area contributed by atoms with Crippen LogP contribution in [0.1, 0.15) is 119 Å². The number of unbranched alkanes of at least 4 members (excludes halogenated alkanes) is 12. The maximum atomic E-state index is 13.4. The van der Waals surface area contributed by atoms with Gasteiger partial charge < -0.3 is 8.85 Å². The summed E-state index contributed by atoms with van der Waals surface area (Å²) in [6.45, 7) is 14.5. The van der Waals surface area contributed by atoms with Crippen molar-refractivity contribution in [1.29, 1.82) is 5.26 Å². The van der Waals surface area contributed by atoms with E-state index in [-0.39, 0.29) is 5.57 Å². The maximum Gasteiger partial charge on any atom is 0.349 e. The lowest BCUT2D eigenvalue weighted by atomic mass is 9.99. The van der Waals surface area contributed by atoms with Crippen LogP contribution in [0, 0.1) is 18.3 Å². The summed E-state index contributed by atoms with van der Waals surface area (Å²) in [5, 5.41) is 10.3. The first kappa shape index (κ1) is 47.8. The predicted octanol–water partition coefficient (Wildman–Crippen LogP) is 15.5. The summed E-state index contributed by atoms with van der Waals surface area (Å²) in [6.07, 6.45) is 18.5. The quantitative estimate of drug-likeness (QED) is 0.0187. The van der Waals surface area contributed by atoms with Crippen LogP contribution in [0.5, 0.6) is 0 Å². The van der Waals surface area contributed by atoms with Crippen LogP contribution in [0.2, 0.25) is 44.3 Å². The second-order valence-corrected chi connectivity index (χ2v) is 31.2. The van der Waals surface area contributed by atoms with E-state index in [9.17, 15) is 10.1 Å². The fraction of sp³-hybridized carbons (Fsp3) is 0.565. The summed E-state index contributed by atoms with van der Waals surface area (Å²) >= 11 is 7.19. The average Bonchev–Trinajstić information content (AvgIpc) is 4.01. The first-order valence-corrected chi connectivity index (χ1v) is 32.7. The SMILES string of the molecule is CCCCCCCCOC(=O)/C(C#N)=C(\CCCCCCCCCC[Si](C)(C)O[Si](C)(C)CCC[SiH3])c1ccc(-c2ccc(-c3ccc(-c4ccc(C)s4)s3)s2)s1. The van der Waals surface area contributed by atoms with Crippen molar-refractivity contribution in [3.05, 3.63) is 63.9 Å². The molecule has 0 N–H and O–H groups in total. The molecule has 312 valence electrons. The Bertz CT molecular complexity index is 1860. The van der Waals surface area contributed by atoms with Crippen LogP contribution in [-0.4, -0.2) is 39.5 Å². The number of thiophene rings is 4. The van der Waals surface area contributed by atoms with Crippen LogP contribution >= 0.6 is 45.3 Å². The minimum Gasteiger partial charge on any atom is -0.462 e. The van der Waals surface area contributed by atoms with Crippen LogP contribution < -0.4 is 0 Å². The van der Waals surface area contributed by atoms with E-state index in [0.29, 0.717) is 13.0 Å². The monoisotopic (exact) mass is 895 g/mol. The molecule has 4 nitrogen and oxygen atoms in total. The Kier molecular flexibility index (Phi) is 21.0. The molecule has 0 bridgehead atoms. The smallest absolute Gasteiger partial charge is 0.349 e. The zero-order valence-corrected chi connectivity index (χ0v) is 43.3. The summed E-state index contributed by atoms with van der Waals surface area (Å²) in [4.78, 5) is 23.3. The van der Waals surface area contributed by atoms with E-state index in [1.165, 1.54) is 127 Å². The van der Waals surface area contributed by atoms with Gasteiger partial charge in [-0.2, -0.15) is 5.26 Å². The number of nitrogens with zero attached hydrogens (tertiary/aromatic N) is 1. The van der Waals surface area contributed by atoms with Crippen LogP contribution in [0.4, 0.5) is 0 Å². The van der Waals surface area contributed by atoms with E-state index in [4.69, 9.17) is 8.85 Å². The van der Waals surface area contributed by atoms with Gasteiger partial charge in [0, 0.05) is 49.3 Å². The standard InChI is InChI=1S/C46H69NO3S4Si3/c1-7-8-9-10-16-19-31-49-46(48)38(35-47)37(22-18-15-13-11-12-14-17-20-33-56(3,4)50-57(5,6)34-21-32-55)39-25-26-42(52-39)43-29-30-45(54-43)44-28-27-41(53-44)40-24-23-36(2)51-40/h23-30H,7-22,31-34H2,1-6,55H3/b38-37+. The summed E-state index contributed by atoms with van der Waals surface area (Å²) in [7, 11) is -1.77. The lowest BCUT2D eigenvalue weighted by Crippen LogP contribution is -2.44. The minimum absolute atomic E-state index is 0.185. The molecule has 0 amide bonds. The Labute approximate surface area is 366 Å². The molecule has 0 radical (unpaired) electrons. The lowest BCUT2D eigenvalue weighted by molar-refractivity contribution is -0.138. The molecule has 0 aliphatic heterocycles. The number of hydrogen-bond acceptors (Lipinski definition) is 8. The number of carbonyl (C=O) groups is 1. The second kappa shape index (κ2) is 25.0. The zero-order chi connectivity index (χ0) is 41.1. The van der Waals surface area contributed by atoms with Crippen molar-refractivity contribution in [2.24, 2.45) is 0 Å². The van der Waals surface area contributed by atoms with Gasteiger partial charge in [0.25, 0.3) is 0 Å². The molecular weight excluding hydrogens is 827 g/mol. The van der Waals surface area contributed by atoms with Crippen LogP contribution in [0.3, 0.4) is 0 Å². The Morgan fingerprint density at radius 2 is 1.11 bits per heavy atom. The molecule has 4 aromatic rings. The molecule has 0 spiro atoms. The van der Waals surface area contributed by atoms with E-state index >= 15 is 0 Å². The molecule has 0 fully saturated rings. The lowest BCUT2D eigenvalue weighted by Gasteiger charge is -2.34. The van der Waals surface area contributed by atoms with Gasteiger partial charge in [0.1, 0.15) is 11.6 Å². The molecule has 0 aromatic carbocycles. The first-order valence-electron chi connectivity index (χ1n) is 21.8. The average molecular weight is 897 g/mol. The van der Waals surface area contributed by atoms with Gasteiger partial charge in [0.15, 0.2) is 16.6 Å². The molecule has 0 aliphatic carbocycles. The number of rotatable bonds is 28. The van der Waals surface area contributed by atoms with Gasteiger partial charge in [-0.15, -0.1) is 45.3 Å². The van der Waals surface area contributed by atoms with Crippen molar-refractivity contribution in [3.8, 4) is 35.3 Å². The van der Waals surface area contributed by atoms with Crippen molar-refractivity contribution in [3.63, 3.8) is 0 Å². The molecule has 4 heterocycles. The minimum atomic E-state index is -1.58. The van der Waals surface area contributed by atoms with Gasteiger partial charge in [-0.05, 0) is 119 Å². The summed E-state index contributed by atoms with van der Waals surface area (Å²) in [5.41, 5.74) is 1.04. The molecule has 11 heteroatoms. The molecule has 57 heavy (non-hydrogen) atoms. The highest BCUT2D eigenvalue weighted by atomic mass is 32.1. The fourth-order valence-corrected chi connectivity index (χ4v) is 21.9. The van der Waals surface area contributed by atoms with E-state index < -0.39 is 22.6 Å². The third-order valence-corrected chi connectivity index (χ3v) is 23.7. The Balaban J connectivity index is 1.32. The van der Waals surface area contributed by atoms with E-state index in [1.807, 2.05) is 34.0 Å². The van der Waals surface area contributed by atoms with Crippen molar-refractivity contribution < 1.29 is 13.6 Å². The highest BCUT2D eigenvalue weighted by Crippen LogP contribution is 2.44. The number of nitriles is 1. The third-order valence-electron chi connectivity index (χ3n) is 10.6. The number of ether oxygens (including phenoxy) is 1. The maximum absolute atomic E-state index is 13.4.